The normalized spacial score (nSPS) is 17.9. The Bertz CT molecular complexity index is 493. The molecule has 1 saturated heterocycles. The van der Waals surface area contributed by atoms with Crippen molar-refractivity contribution in [3.8, 4) is 0 Å². The van der Waals surface area contributed by atoms with Crippen LogP contribution in [0.3, 0.4) is 0 Å². The summed E-state index contributed by atoms with van der Waals surface area (Å²) in [6.07, 6.45) is 2.81. The average molecular weight is 320 g/mol. The van der Waals surface area contributed by atoms with Gasteiger partial charge in [-0.3, -0.25) is 4.79 Å². The van der Waals surface area contributed by atoms with Crippen LogP contribution in [0.5, 0.6) is 0 Å². The van der Waals surface area contributed by atoms with Gasteiger partial charge < -0.3 is 15.0 Å². The van der Waals surface area contributed by atoms with Gasteiger partial charge in [0.25, 0.3) is 0 Å². The number of thiocarbonyl (C=S) groups is 1. The van der Waals surface area contributed by atoms with Crippen molar-refractivity contribution in [2.75, 3.05) is 26.2 Å². The molecule has 1 heterocycles. The van der Waals surface area contributed by atoms with Crippen LogP contribution in [0.1, 0.15) is 25.3 Å². The topological polar surface area (TPSA) is 41.6 Å². The molecule has 1 aromatic carbocycles. The summed E-state index contributed by atoms with van der Waals surface area (Å²) in [5.41, 5.74) is 1.29. The van der Waals surface area contributed by atoms with E-state index in [1.807, 2.05) is 25.1 Å². The molecule has 1 atom stereocenters. The fraction of sp³-hybridized carbons (Fsp3) is 0.529. The number of piperidine rings is 1. The van der Waals surface area contributed by atoms with Crippen LogP contribution in [0.2, 0.25) is 0 Å². The second-order valence-corrected chi connectivity index (χ2v) is 5.89. The SMILES string of the molecule is CCOC(=O)[C@H]1CCCN(C(=S)NCCc2ccccc2)C1. The van der Waals surface area contributed by atoms with Gasteiger partial charge in [0, 0.05) is 19.6 Å². The summed E-state index contributed by atoms with van der Waals surface area (Å²) in [7, 11) is 0. The molecule has 1 N–H and O–H groups in total. The van der Waals surface area contributed by atoms with E-state index in [2.05, 4.69) is 22.3 Å². The van der Waals surface area contributed by atoms with Crippen molar-refractivity contribution >= 4 is 23.3 Å². The number of carbonyl (C=O) groups excluding carboxylic acids is 1. The molecule has 0 aromatic heterocycles. The monoisotopic (exact) mass is 320 g/mol. The zero-order valence-corrected chi connectivity index (χ0v) is 13.9. The summed E-state index contributed by atoms with van der Waals surface area (Å²) >= 11 is 5.46. The molecule has 0 aliphatic carbocycles. The van der Waals surface area contributed by atoms with Gasteiger partial charge in [-0.1, -0.05) is 30.3 Å². The van der Waals surface area contributed by atoms with E-state index >= 15 is 0 Å². The molecular formula is C17H24N2O2S. The van der Waals surface area contributed by atoms with Gasteiger partial charge in [0.1, 0.15) is 0 Å². The summed E-state index contributed by atoms with van der Waals surface area (Å²) in [6.45, 7) is 4.66. The van der Waals surface area contributed by atoms with Crippen molar-refractivity contribution in [1.29, 1.82) is 0 Å². The third-order valence-electron chi connectivity index (χ3n) is 3.86. The first-order chi connectivity index (χ1) is 10.7. The van der Waals surface area contributed by atoms with E-state index in [0.717, 1.165) is 37.5 Å². The Kier molecular flexibility index (Phi) is 6.65. The van der Waals surface area contributed by atoms with E-state index in [9.17, 15) is 4.79 Å². The van der Waals surface area contributed by atoms with E-state index in [0.29, 0.717) is 13.2 Å². The smallest absolute Gasteiger partial charge is 0.310 e. The van der Waals surface area contributed by atoms with Crippen LogP contribution in [0, 0.1) is 5.92 Å². The Morgan fingerprint density at radius 1 is 1.41 bits per heavy atom. The highest BCUT2D eigenvalue weighted by Crippen LogP contribution is 2.18. The molecule has 2 rings (SSSR count). The predicted molar refractivity (Wildman–Crippen MR) is 91.7 cm³/mol. The minimum Gasteiger partial charge on any atom is -0.466 e. The minimum atomic E-state index is -0.0979. The zero-order chi connectivity index (χ0) is 15.8. The molecule has 0 radical (unpaired) electrons. The van der Waals surface area contributed by atoms with Crippen LogP contribution in [0.25, 0.3) is 0 Å². The highest BCUT2D eigenvalue weighted by molar-refractivity contribution is 7.80. The van der Waals surface area contributed by atoms with Gasteiger partial charge in [0.15, 0.2) is 5.11 Å². The number of esters is 1. The molecule has 5 heteroatoms. The largest absolute Gasteiger partial charge is 0.466 e. The van der Waals surface area contributed by atoms with Crippen LogP contribution in [0.15, 0.2) is 30.3 Å². The van der Waals surface area contributed by atoms with Gasteiger partial charge >= 0.3 is 5.97 Å². The average Bonchev–Trinajstić information content (AvgIpc) is 2.56. The summed E-state index contributed by atoms with van der Waals surface area (Å²) < 4.78 is 5.12. The Morgan fingerprint density at radius 2 is 2.18 bits per heavy atom. The second kappa shape index (κ2) is 8.73. The fourth-order valence-corrected chi connectivity index (χ4v) is 2.95. The lowest BCUT2D eigenvalue weighted by molar-refractivity contribution is -0.149. The van der Waals surface area contributed by atoms with E-state index in [-0.39, 0.29) is 11.9 Å². The molecule has 4 nitrogen and oxygen atoms in total. The molecule has 0 amide bonds. The minimum absolute atomic E-state index is 0.0532. The molecule has 0 spiro atoms. The van der Waals surface area contributed by atoms with E-state index in [4.69, 9.17) is 17.0 Å². The van der Waals surface area contributed by atoms with E-state index < -0.39 is 0 Å². The first kappa shape index (κ1) is 16.7. The number of hydrogen-bond acceptors (Lipinski definition) is 3. The molecule has 0 saturated carbocycles. The quantitative estimate of drug-likeness (QED) is 0.666. The summed E-state index contributed by atoms with van der Waals surface area (Å²) in [5.74, 6) is -0.151. The number of nitrogens with zero attached hydrogens (tertiary/aromatic N) is 1. The zero-order valence-electron chi connectivity index (χ0n) is 13.1. The standard InChI is InChI=1S/C17H24N2O2S/c1-2-21-16(20)15-9-6-12-19(13-15)17(22)18-11-10-14-7-4-3-5-8-14/h3-5,7-8,15H,2,6,9-13H2,1H3,(H,18,22)/t15-/m0/s1. The van der Waals surface area contributed by atoms with Gasteiger partial charge in [0.2, 0.25) is 0 Å². The van der Waals surface area contributed by atoms with Crippen LogP contribution < -0.4 is 5.32 Å². The number of carbonyl (C=O) groups is 1. The maximum absolute atomic E-state index is 11.9. The van der Waals surface area contributed by atoms with Crippen molar-refractivity contribution in [3.63, 3.8) is 0 Å². The number of benzene rings is 1. The molecule has 0 bridgehead atoms. The van der Waals surface area contributed by atoms with Gasteiger partial charge in [-0.25, -0.2) is 0 Å². The van der Waals surface area contributed by atoms with Gasteiger partial charge in [-0.15, -0.1) is 0 Å². The first-order valence-electron chi connectivity index (χ1n) is 7.94. The second-order valence-electron chi connectivity index (χ2n) is 5.50. The third kappa shape index (κ3) is 4.98. The summed E-state index contributed by atoms with van der Waals surface area (Å²) in [6, 6.07) is 10.3. The van der Waals surface area contributed by atoms with Gasteiger partial charge in [-0.05, 0) is 44.0 Å². The number of likely N-dealkylation sites (tertiary alicyclic amines) is 1. The van der Waals surface area contributed by atoms with Crippen molar-refractivity contribution in [2.45, 2.75) is 26.2 Å². The van der Waals surface area contributed by atoms with Gasteiger partial charge in [-0.2, -0.15) is 0 Å². The van der Waals surface area contributed by atoms with E-state index in [1.54, 1.807) is 0 Å². The highest BCUT2D eigenvalue weighted by Gasteiger charge is 2.27. The summed E-state index contributed by atoms with van der Waals surface area (Å²) in [4.78, 5) is 13.9. The molecule has 120 valence electrons. The lowest BCUT2D eigenvalue weighted by atomic mass is 9.98. The Morgan fingerprint density at radius 3 is 2.91 bits per heavy atom. The first-order valence-corrected chi connectivity index (χ1v) is 8.35. The Balaban J connectivity index is 1.75. The molecule has 0 unspecified atom stereocenters. The van der Waals surface area contributed by atoms with Crippen molar-refractivity contribution in [3.05, 3.63) is 35.9 Å². The molecule has 1 aliphatic rings. The maximum atomic E-state index is 11.9. The fourth-order valence-electron chi connectivity index (χ4n) is 2.68. The third-order valence-corrected chi connectivity index (χ3v) is 4.26. The highest BCUT2D eigenvalue weighted by atomic mass is 32.1. The van der Waals surface area contributed by atoms with Crippen molar-refractivity contribution in [2.24, 2.45) is 5.92 Å². The van der Waals surface area contributed by atoms with Crippen molar-refractivity contribution in [1.82, 2.24) is 10.2 Å². The Labute approximate surface area is 137 Å². The number of rotatable bonds is 5. The predicted octanol–water partition coefficient (Wildman–Crippen LogP) is 2.38. The molecule has 1 aromatic rings. The van der Waals surface area contributed by atoms with Crippen LogP contribution >= 0.6 is 12.2 Å². The van der Waals surface area contributed by atoms with Gasteiger partial charge in [0.05, 0.1) is 12.5 Å². The lowest BCUT2D eigenvalue weighted by Gasteiger charge is -2.33. The number of nitrogens with one attached hydrogen (secondary N) is 1. The van der Waals surface area contributed by atoms with E-state index in [1.165, 1.54) is 5.56 Å². The Hall–Kier alpha value is -1.62. The maximum Gasteiger partial charge on any atom is 0.310 e. The molecule has 1 fully saturated rings. The number of hydrogen-bond donors (Lipinski definition) is 1. The molecular weight excluding hydrogens is 296 g/mol. The van der Waals surface area contributed by atoms with Crippen LogP contribution in [-0.2, 0) is 16.0 Å². The molecule has 22 heavy (non-hydrogen) atoms. The number of ether oxygens (including phenoxy) is 1. The van der Waals surface area contributed by atoms with Crippen LogP contribution in [0.4, 0.5) is 0 Å². The molecule has 1 aliphatic heterocycles. The summed E-state index contributed by atoms with van der Waals surface area (Å²) in [5, 5.41) is 4.04. The van der Waals surface area contributed by atoms with Crippen molar-refractivity contribution < 1.29 is 9.53 Å². The van der Waals surface area contributed by atoms with Crippen LogP contribution in [-0.4, -0.2) is 42.2 Å². The lowest BCUT2D eigenvalue weighted by Crippen LogP contribution is -2.47.